The topological polar surface area (TPSA) is 69.2 Å². The maximum Gasteiger partial charge on any atom is 0.307 e. The Labute approximate surface area is 136 Å². The summed E-state index contributed by atoms with van der Waals surface area (Å²) in [4.78, 5) is 13.6. The molecule has 1 aromatic carbocycles. The molecule has 1 aliphatic heterocycles. The third-order valence-electron chi connectivity index (χ3n) is 4.50. The smallest absolute Gasteiger partial charge is 0.307 e. The third kappa shape index (κ3) is 3.62. The lowest BCUT2D eigenvalue weighted by Crippen LogP contribution is -2.41. The second kappa shape index (κ2) is 6.54. The van der Waals surface area contributed by atoms with Crippen molar-refractivity contribution >= 4 is 5.97 Å². The quantitative estimate of drug-likeness (QED) is 0.910. The van der Waals surface area contributed by atoms with Crippen molar-refractivity contribution < 1.29 is 9.90 Å². The van der Waals surface area contributed by atoms with Gasteiger partial charge in [0.2, 0.25) is 0 Å². The highest BCUT2D eigenvalue weighted by Gasteiger charge is 2.29. The average molecular weight is 313 g/mol. The molecule has 0 bridgehead atoms. The van der Waals surface area contributed by atoms with Crippen molar-refractivity contribution in [3.63, 3.8) is 0 Å². The fourth-order valence-electron chi connectivity index (χ4n) is 3.49. The minimum absolute atomic E-state index is 0.270. The van der Waals surface area contributed by atoms with E-state index in [-0.39, 0.29) is 5.92 Å². The number of aryl methyl sites for hydroxylation is 1. The molecule has 2 aromatic rings. The Balaban J connectivity index is 1.79. The van der Waals surface area contributed by atoms with Crippen LogP contribution in [0.25, 0.3) is 11.3 Å². The summed E-state index contributed by atoms with van der Waals surface area (Å²) in [5.74, 6) is -0.556. The summed E-state index contributed by atoms with van der Waals surface area (Å²) in [6.45, 7) is 6.47. The van der Waals surface area contributed by atoms with E-state index in [1.165, 1.54) is 5.56 Å². The van der Waals surface area contributed by atoms with Crippen LogP contribution in [0.15, 0.2) is 30.5 Å². The molecule has 1 saturated heterocycles. The van der Waals surface area contributed by atoms with Crippen LogP contribution in [-0.2, 0) is 11.3 Å². The highest BCUT2D eigenvalue weighted by molar-refractivity contribution is 5.70. The van der Waals surface area contributed by atoms with Gasteiger partial charge >= 0.3 is 5.97 Å². The molecule has 3 rings (SSSR count). The number of piperidine rings is 1. The first kappa shape index (κ1) is 15.7. The summed E-state index contributed by atoms with van der Waals surface area (Å²) < 4.78 is 0. The molecular weight excluding hydrogens is 290 g/mol. The molecule has 1 aromatic heterocycles. The summed E-state index contributed by atoms with van der Waals surface area (Å²) in [5, 5.41) is 16.6. The monoisotopic (exact) mass is 313 g/mol. The second-order valence-corrected chi connectivity index (χ2v) is 6.71. The number of rotatable bonds is 4. The van der Waals surface area contributed by atoms with Crippen LogP contribution in [0.4, 0.5) is 0 Å². The van der Waals surface area contributed by atoms with Gasteiger partial charge in [0.05, 0.1) is 17.8 Å². The van der Waals surface area contributed by atoms with Crippen LogP contribution < -0.4 is 0 Å². The number of hydrogen-bond donors (Lipinski definition) is 2. The highest BCUT2D eigenvalue weighted by atomic mass is 16.4. The molecule has 122 valence electrons. The van der Waals surface area contributed by atoms with Crippen molar-refractivity contribution in [2.75, 3.05) is 13.1 Å². The van der Waals surface area contributed by atoms with E-state index in [9.17, 15) is 9.90 Å². The molecular formula is C18H23N3O2. The van der Waals surface area contributed by atoms with E-state index in [2.05, 4.69) is 47.1 Å². The van der Waals surface area contributed by atoms with Gasteiger partial charge in [0.1, 0.15) is 0 Å². The van der Waals surface area contributed by atoms with E-state index in [0.29, 0.717) is 12.5 Å². The zero-order chi connectivity index (χ0) is 16.4. The van der Waals surface area contributed by atoms with Gasteiger partial charge in [0.25, 0.3) is 0 Å². The summed E-state index contributed by atoms with van der Waals surface area (Å²) in [6, 6.07) is 8.32. The fraction of sp³-hybridized carbons (Fsp3) is 0.444. The van der Waals surface area contributed by atoms with Crippen LogP contribution in [0.2, 0.25) is 0 Å². The van der Waals surface area contributed by atoms with E-state index in [1.807, 2.05) is 12.3 Å². The minimum atomic E-state index is -0.687. The molecule has 5 heteroatoms. The molecule has 2 N–H and O–H groups in total. The van der Waals surface area contributed by atoms with Crippen LogP contribution in [-0.4, -0.2) is 39.3 Å². The molecule has 0 saturated carbocycles. The van der Waals surface area contributed by atoms with E-state index in [1.54, 1.807) is 0 Å². The van der Waals surface area contributed by atoms with Gasteiger partial charge in [-0.15, -0.1) is 0 Å². The Kier molecular flexibility index (Phi) is 4.48. The van der Waals surface area contributed by atoms with Crippen molar-refractivity contribution in [1.29, 1.82) is 0 Å². The number of carbonyl (C=O) groups is 1. The molecule has 2 unspecified atom stereocenters. The fourth-order valence-corrected chi connectivity index (χ4v) is 3.49. The summed E-state index contributed by atoms with van der Waals surface area (Å²) in [7, 11) is 0. The predicted molar refractivity (Wildman–Crippen MR) is 88.9 cm³/mol. The standard InChI is InChI=1S/C18H23N3O2/c1-12-4-3-5-14(6-12)17-16(8-19-20-17)11-21-9-13(2)7-15(10-21)18(22)23/h3-6,8,13,15H,7,9-11H2,1-2H3,(H,19,20)(H,22,23). The number of aromatic amines is 1. The molecule has 1 aliphatic rings. The van der Waals surface area contributed by atoms with Gasteiger partial charge in [-0.3, -0.25) is 14.8 Å². The molecule has 2 heterocycles. The molecule has 0 aliphatic carbocycles. The Morgan fingerprint density at radius 3 is 3.00 bits per heavy atom. The normalized spacial score (nSPS) is 22.2. The number of benzene rings is 1. The molecule has 0 radical (unpaired) electrons. The lowest BCUT2D eigenvalue weighted by atomic mass is 9.90. The number of nitrogens with zero attached hydrogens (tertiary/aromatic N) is 2. The first-order valence-corrected chi connectivity index (χ1v) is 8.07. The highest BCUT2D eigenvalue weighted by Crippen LogP contribution is 2.27. The Morgan fingerprint density at radius 2 is 2.26 bits per heavy atom. The number of likely N-dealkylation sites (tertiary alicyclic amines) is 1. The summed E-state index contributed by atoms with van der Waals surface area (Å²) in [5.41, 5.74) is 4.48. The lowest BCUT2D eigenvalue weighted by Gasteiger charge is -2.34. The maximum atomic E-state index is 11.3. The average Bonchev–Trinajstić information content (AvgIpc) is 2.94. The SMILES string of the molecule is Cc1cccc(-c2[nH]ncc2CN2CC(C)CC(C(=O)O)C2)c1. The molecule has 5 nitrogen and oxygen atoms in total. The van der Waals surface area contributed by atoms with E-state index in [0.717, 1.165) is 36.3 Å². The molecule has 0 amide bonds. The number of hydrogen-bond acceptors (Lipinski definition) is 3. The Hall–Kier alpha value is -2.14. The second-order valence-electron chi connectivity index (χ2n) is 6.71. The number of nitrogens with one attached hydrogen (secondary N) is 1. The molecule has 1 fully saturated rings. The van der Waals surface area contributed by atoms with E-state index < -0.39 is 5.97 Å². The zero-order valence-corrected chi connectivity index (χ0v) is 13.6. The van der Waals surface area contributed by atoms with Gasteiger partial charge in [-0.05, 0) is 25.3 Å². The van der Waals surface area contributed by atoms with Crippen LogP contribution in [0, 0.1) is 18.8 Å². The number of carboxylic acid groups (broad SMARTS) is 1. The number of aromatic nitrogens is 2. The van der Waals surface area contributed by atoms with E-state index in [4.69, 9.17) is 0 Å². The Bertz CT molecular complexity index is 695. The Morgan fingerprint density at radius 1 is 1.43 bits per heavy atom. The van der Waals surface area contributed by atoms with Crippen molar-refractivity contribution in [2.45, 2.75) is 26.8 Å². The van der Waals surface area contributed by atoms with Gasteiger partial charge in [-0.1, -0.05) is 30.7 Å². The summed E-state index contributed by atoms with van der Waals surface area (Å²) in [6.07, 6.45) is 2.62. The van der Waals surface area contributed by atoms with Gasteiger partial charge in [0, 0.05) is 30.8 Å². The zero-order valence-electron chi connectivity index (χ0n) is 13.6. The van der Waals surface area contributed by atoms with Crippen LogP contribution >= 0.6 is 0 Å². The molecule has 23 heavy (non-hydrogen) atoms. The van der Waals surface area contributed by atoms with Gasteiger partial charge in [-0.25, -0.2) is 0 Å². The van der Waals surface area contributed by atoms with Crippen molar-refractivity contribution in [3.05, 3.63) is 41.6 Å². The molecule has 0 spiro atoms. The van der Waals surface area contributed by atoms with Gasteiger partial charge < -0.3 is 5.11 Å². The van der Waals surface area contributed by atoms with Crippen molar-refractivity contribution in [1.82, 2.24) is 15.1 Å². The van der Waals surface area contributed by atoms with Crippen molar-refractivity contribution in [2.24, 2.45) is 11.8 Å². The number of aliphatic carboxylic acids is 1. The molecule has 2 atom stereocenters. The van der Waals surface area contributed by atoms with Crippen LogP contribution in [0.5, 0.6) is 0 Å². The lowest BCUT2D eigenvalue weighted by molar-refractivity contribution is -0.144. The largest absolute Gasteiger partial charge is 0.481 e. The van der Waals surface area contributed by atoms with Crippen LogP contribution in [0.3, 0.4) is 0 Å². The minimum Gasteiger partial charge on any atom is -0.481 e. The number of H-pyrrole nitrogens is 1. The first-order chi connectivity index (χ1) is 11.0. The van der Waals surface area contributed by atoms with Crippen molar-refractivity contribution in [3.8, 4) is 11.3 Å². The van der Waals surface area contributed by atoms with Crippen LogP contribution in [0.1, 0.15) is 24.5 Å². The maximum absolute atomic E-state index is 11.3. The van der Waals surface area contributed by atoms with E-state index >= 15 is 0 Å². The first-order valence-electron chi connectivity index (χ1n) is 8.07. The van der Waals surface area contributed by atoms with Gasteiger partial charge in [-0.2, -0.15) is 5.10 Å². The van der Waals surface area contributed by atoms with Gasteiger partial charge in [0.15, 0.2) is 0 Å². The number of carboxylic acids is 1. The predicted octanol–water partition coefficient (Wildman–Crippen LogP) is 2.93. The summed E-state index contributed by atoms with van der Waals surface area (Å²) >= 11 is 0. The third-order valence-corrected chi connectivity index (χ3v) is 4.50.